The molecule has 5 nitrogen and oxygen atoms in total. The van der Waals surface area contributed by atoms with E-state index in [0.717, 1.165) is 28.3 Å². The standard InChI is InChI=1S/C25H18Cl2FNO4S/c1-32-22-10-15(5-8-21(22)33-14-16-3-2-4-18(26)9-16)11-23-24(30)29(25(31)34-23)13-17-6-7-19(28)12-20(17)27/h2-12H,13-14H2,1H3/b23-11-. The van der Waals surface area contributed by atoms with Crippen LogP contribution in [0.25, 0.3) is 6.08 Å². The van der Waals surface area contributed by atoms with Crippen molar-refractivity contribution in [2.45, 2.75) is 13.2 Å². The zero-order chi connectivity index (χ0) is 24.2. The van der Waals surface area contributed by atoms with E-state index in [1.165, 1.54) is 19.2 Å². The number of halogens is 3. The van der Waals surface area contributed by atoms with E-state index in [0.29, 0.717) is 34.3 Å². The van der Waals surface area contributed by atoms with Crippen molar-refractivity contribution in [1.82, 2.24) is 4.90 Å². The summed E-state index contributed by atoms with van der Waals surface area (Å²) in [5, 5.41) is 0.352. The molecule has 0 aromatic heterocycles. The van der Waals surface area contributed by atoms with Crippen LogP contribution in [0.3, 0.4) is 0 Å². The van der Waals surface area contributed by atoms with Gasteiger partial charge in [-0.1, -0.05) is 47.5 Å². The van der Waals surface area contributed by atoms with Gasteiger partial charge in [0.1, 0.15) is 12.4 Å². The highest BCUT2D eigenvalue weighted by atomic mass is 35.5. The molecule has 3 aromatic carbocycles. The molecule has 0 unspecified atom stereocenters. The van der Waals surface area contributed by atoms with Crippen LogP contribution in [-0.4, -0.2) is 23.2 Å². The van der Waals surface area contributed by atoms with Gasteiger partial charge in [-0.15, -0.1) is 0 Å². The maximum absolute atomic E-state index is 13.3. The van der Waals surface area contributed by atoms with E-state index in [-0.39, 0.29) is 16.5 Å². The molecule has 9 heteroatoms. The number of thioether (sulfide) groups is 1. The van der Waals surface area contributed by atoms with Crippen molar-refractivity contribution in [3.63, 3.8) is 0 Å². The second-order valence-electron chi connectivity index (χ2n) is 7.33. The molecule has 1 aliphatic heterocycles. The number of nitrogens with zero attached hydrogens (tertiary/aromatic N) is 1. The van der Waals surface area contributed by atoms with Crippen LogP contribution in [0, 0.1) is 5.82 Å². The molecule has 3 aromatic rings. The number of hydrogen-bond donors (Lipinski definition) is 0. The van der Waals surface area contributed by atoms with Gasteiger partial charge in [-0.25, -0.2) is 4.39 Å². The van der Waals surface area contributed by atoms with Crippen molar-refractivity contribution in [1.29, 1.82) is 0 Å². The van der Waals surface area contributed by atoms with Crippen molar-refractivity contribution in [2.24, 2.45) is 0 Å². The van der Waals surface area contributed by atoms with Crippen LogP contribution < -0.4 is 9.47 Å². The van der Waals surface area contributed by atoms with Crippen LogP contribution in [-0.2, 0) is 17.9 Å². The van der Waals surface area contributed by atoms with Crippen molar-refractivity contribution in [3.05, 3.63) is 98.1 Å². The summed E-state index contributed by atoms with van der Waals surface area (Å²) in [6.45, 7) is 0.266. The quantitative estimate of drug-likeness (QED) is 0.317. The van der Waals surface area contributed by atoms with Crippen LogP contribution in [0.2, 0.25) is 10.0 Å². The molecular weight excluding hydrogens is 500 g/mol. The number of ether oxygens (including phenoxy) is 2. The molecule has 1 fully saturated rings. The van der Waals surface area contributed by atoms with Gasteiger partial charge < -0.3 is 9.47 Å². The SMILES string of the molecule is COc1cc(/C=C2\SC(=O)N(Cc3ccc(F)cc3Cl)C2=O)ccc1OCc1cccc(Cl)c1. The number of benzene rings is 3. The summed E-state index contributed by atoms with van der Waals surface area (Å²) in [5.74, 6) is 0.0687. The van der Waals surface area contributed by atoms with Gasteiger partial charge in [0.25, 0.3) is 11.1 Å². The van der Waals surface area contributed by atoms with E-state index in [1.807, 2.05) is 18.2 Å². The van der Waals surface area contributed by atoms with Gasteiger partial charge in [-0.05, 0) is 70.9 Å². The molecule has 1 heterocycles. The van der Waals surface area contributed by atoms with Gasteiger partial charge in [-0.3, -0.25) is 14.5 Å². The zero-order valence-corrected chi connectivity index (χ0v) is 20.2. The van der Waals surface area contributed by atoms with Gasteiger partial charge in [0, 0.05) is 10.0 Å². The number of methoxy groups -OCH3 is 1. The van der Waals surface area contributed by atoms with E-state index in [4.69, 9.17) is 32.7 Å². The summed E-state index contributed by atoms with van der Waals surface area (Å²) in [7, 11) is 1.52. The lowest BCUT2D eigenvalue weighted by Gasteiger charge is -2.13. The van der Waals surface area contributed by atoms with Gasteiger partial charge in [-0.2, -0.15) is 0 Å². The second kappa shape index (κ2) is 10.5. The molecule has 0 atom stereocenters. The second-order valence-corrected chi connectivity index (χ2v) is 9.17. The Kier molecular flexibility index (Phi) is 7.46. The Morgan fingerprint density at radius 1 is 1.03 bits per heavy atom. The molecular formula is C25H18Cl2FNO4S. The van der Waals surface area contributed by atoms with E-state index < -0.39 is 17.0 Å². The molecule has 0 radical (unpaired) electrons. The fourth-order valence-electron chi connectivity index (χ4n) is 3.29. The van der Waals surface area contributed by atoms with Gasteiger partial charge in [0.15, 0.2) is 11.5 Å². The highest BCUT2D eigenvalue weighted by molar-refractivity contribution is 8.18. The number of carbonyl (C=O) groups excluding carboxylic acids is 2. The van der Waals surface area contributed by atoms with E-state index in [2.05, 4.69) is 0 Å². The summed E-state index contributed by atoms with van der Waals surface area (Å²) in [6, 6.07) is 16.4. The van der Waals surface area contributed by atoms with Crippen LogP contribution in [0.15, 0.2) is 65.6 Å². The molecule has 2 amide bonds. The van der Waals surface area contributed by atoms with Gasteiger partial charge in [0.2, 0.25) is 0 Å². The maximum Gasteiger partial charge on any atom is 0.293 e. The van der Waals surface area contributed by atoms with Crippen molar-refractivity contribution < 1.29 is 23.5 Å². The van der Waals surface area contributed by atoms with E-state index in [9.17, 15) is 14.0 Å². The number of imide groups is 1. The molecule has 0 saturated carbocycles. The fourth-order valence-corrected chi connectivity index (χ4v) is 4.57. The molecule has 0 N–H and O–H groups in total. The van der Waals surface area contributed by atoms with Gasteiger partial charge >= 0.3 is 0 Å². The largest absolute Gasteiger partial charge is 0.493 e. The molecule has 0 aliphatic carbocycles. The lowest BCUT2D eigenvalue weighted by molar-refractivity contribution is -0.123. The predicted molar refractivity (Wildman–Crippen MR) is 132 cm³/mol. The lowest BCUT2D eigenvalue weighted by atomic mass is 10.1. The minimum absolute atomic E-state index is 0.0410. The summed E-state index contributed by atoms with van der Waals surface area (Å²) in [4.78, 5) is 26.6. The summed E-state index contributed by atoms with van der Waals surface area (Å²) >= 11 is 12.9. The lowest BCUT2D eigenvalue weighted by Crippen LogP contribution is -2.27. The molecule has 34 heavy (non-hydrogen) atoms. The normalized spacial score (nSPS) is 14.7. The van der Waals surface area contributed by atoms with Crippen LogP contribution in [0.1, 0.15) is 16.7 Å². The highest BCUT2D eigenvalue weighted by Gasteiger charge is 2.35. The molecule has 1 aliphatic rings. The first-order chi connectivity index (χ1) is 16.3. The van der Waals surface area contributed by atoms with Crippen LogP contribution in [0.5, 0.6) is 11.5 Å². The van der Waals surface area contributed by atoms with Crippen molar-refractivity contribution in [2.75, 3.05) is 7.11 Å². The highest BCUT2D eigenvalue weighted by Crippen LogP contribution is 2.36. The molecule has 0 spiro atoms. The third-order valence-corrected chi connectivity index (χ3v) is 6.48. The summed E-state index contributed by atoms with van der Waals surface area (Å²) in [6.07, 6.45) is 1.61. The summed E-state index contributed by atoms with van der Waals surface area (Å²) < 4.78 is 24.6. The Bertz CT molecular complexity index is 1300. The molecule has 1 saturated heterocycles. The fraction of sp³-hybridized carbons (Fsp3) is 0.120. The van der Waals surface area contributed by atoms with Crippen molar-refractivity contribution >= 4 is 52.2 Å². The van der Waals surface area contributed by atoms with Crippen LogP contribution in [0.4, 0.5) is 9.18 Å². The van der Waals surface area contributed by atoms with Gasteiger partial charge in [0.05, 0.1) is 18.6 Å². The summed E-state index contributed by atoms with van der Waals surface area (Å²) in [5.41, 5.74) is 2.06. The van der Waals surface area contributed by atoms with E-state index >= 15 is 0 Å². The first-order valence-electron chi connectivity index (χ1n) is 10.1. The van der Waals surface area contributed by atoms with Crippen LogP contribution >= 0.6 is 35.0 Å². The number of carbonyl (C=O) groups is 2. The third-order valence-electron chi connectivity index (χ3n) is 4.99. The Labute approximate surface area is 210 Å². The Balaban J connectivity index is 1.49. The Hall–Kier alpha value is -3.00. The topological polar surface area (TPSA) is 55.8 Å². The average molecular weight is 518 g/mol. The smallest absolute Gasteiger partial charge is 0.293 e. The number of hydrogen-bond acceptors (Lipinski definition) is 5. The number of amides is 2. The Morgan fingerprint density at radius 3 is 2.59 bits per heavy atom. The van der Waals surface area contributed by atoms with Crippen molar-refractivity contribution in [3.8, 4) is 11.5 Å². The minimum atomic E-state index is -0.489. The monoisotopic (exact) mass is 517 g/mol. The van der Waals surface area contributed by atoms with E-state index in [1.54, 1.807) is 30.3 Å². The number of rotatable bonds is 7. The average Bonchev–Trinajstić information content (AvgIpc) is 3.07. The predicted octanol–water partition coefficient (Wildman–Crippen LogP) is 6.96. The Morgan fingerprint density at radius 2 is 1.85 bits per heavy atom. The first kappa shape index (κ1) is 24.1. The third kappa shape index (κ3) is 5.55. The molecule has 4 rings (SSSR count). The maximum atomic E-state index is 13.3. The first-order valence-corrected chi connectivity index (χ1v) is 11.7. The zero-order valence-electron chi connectivity index (χ0n) is 17.9. The molecule has 174 valence electrons. The molecule has 0 bridgehead atoms. The minimum Gasteiger partial charge on any atom is -0.493 e.